The SMILES string of the molecule is O=S(=O)(c1cnc(Cl)c(Cl)c1)N1CCN(CCO)CC1. The first-order valence-corrected chi connectivity index (χ1v) is 8.29. The van der Waals surface area contributed by atoms with Crippen LogP contribution >= 0.6 is 23.2 Å². The summed E-state index contributed by atoms with van der Waals surface area (Å²) in [5.74, 6) is 0. The maximum Gasteiger partial charge on any atom is 0.244 e. The van der Waals surface area contributed by atoms with Crippen LogP contribution in [0.1, 0.15) is 0 Å². The number of sulfonamides is 1. The number of piperazine rings is 1. The predicted octanol–water partition coefficient (Wildman–Crippen LogP) is 0.687. The number of aliphatic hydroxyl groups is 1. The molecule has 9 heteroatoms. The molecule has 1 aromatic rings. The second-order valence-corrected chi connectivity index (χ2v) is 7.12. The van der Waals surface area contributed by atoms with Crippen LogP contribution in [0.4, 0.5) is 0 Å². The van der Waals surface area contributed by atoms with E-state index in [9.17, 15) is 8.42 Å². The summed E-state index contributed by atoms with van der Waals surface area (Å²) in [6, 6.07) is 1.31. The Kier molecular flexibility index (Phi) is 5.22. The second kappa shape index (κ2) is 6.55. The van der Waals surface area contributed by atoms with Crippen molar-refractivity contribution in [3.63, 3.8) is 0 Å². The molecule has 1 aromatic heterocycles. The first-order chi connectivity index (χ1) is 9.45. The van der Waals surface area contributed by atoms with Crippen LogP contribution in [0.15, 0.2) is 17.2 Å². The van der Waals surface area contributed by atoms with E-state index in [4.69, 9.17) is 28.3 Å². The van der Waals surface area contributed by atoms with Crippen LogP contribution in [0.3, 0.4) is 0 Å². The van der Waals surface area contributed by atoms with Crippen molar-refractivity contribution in [1.29, 1.82) is 0 Å². The Labute approximate surface area is 128 Å². The van der Waals surface area contributed by atoms with Gasteiger partial charge in [0.2, 0.25) is 10.0 Å². The third-order valence-corrected chi connectivity index (χ3v) is 5.71. The topological polar surface area (TPSA) is 73.7 Å². The normalized spacial score (nSPS) is 18.4. The van der Waals surface area contributed by atoms with E-state index in [2.05, 4.69) is 4.98 Å². The fourth-order valence-corrected chi connectivity index (χ4v) is 3.76. The van der Waals surface area contributed by atoms with Crippen LogP contribution in [0.25, 0.3) is 0 Å². The van der Waals surface area contributed by atoms with Gasteiger partial charge in [0.15, 0.2) is 0 Å². The standard InChI is InChI=1S/C11H15Cl2N3O3S/c12-10-7-9(8-14-11(10)13)20(18,19)16-3-1-15(2-4-16)5-6-17/h7-8,17H,1-6H2. The number of β-amino-alcohol motifs (C(OH)–C–C–N with tert-alkyl or cyclic N) is 1. The van der Waals surface area contributed by atoms with Gasteiger partial charge in [-0.05, 0) is 6.07 Å². The zero-order valence-electron chi connectivity index (χ0n) is 10.7. The minimum absolute atomic E-state index is 0.0440. The molecule has 1 N–H and O–H groups in total. The van der Waals surface area contributed by atoms with Gasteiger partial charge in [-0.1, -0.05) is 23.2 Å². The molecular formula is C11H15Cl2N3O3S. The first kappa shape index (κ1) is 15.9. The number of halogens is 2. The number of hydrogen-bond acceptors (Lipinski definition) is 5. The molecule has 2 heterocycles. The van der Waals surface area contributed by atoms with Crippen molar-refractivity contribution < 1.29 is 13.5 Å². The Morgan fingerprint density at radius 2 is 1.90 bits per heavy atom. The smallest absolute Gasteiger partial charge is 0.244 e. The predicted molar refractivity (Wildman–Crippen MR) is 76.5 cm³/mol. The molecule has 1 aliphatic heterocycles. The number of nitrogens with zero attached hydrogens (tertiary/aromatic N) is 3. The average Bonchev–Trinajstić information content (AvgIpc) is 2.43. The third kappa shape index (κ3) is 3.41. The van der Waals surface area contributed by atoms with E-state index >= 15 is 0 Å². The zero-order chi connectivity index (χ0) is 14.8. The van der Waals surface area contributed by atoms with Gasteiger partial charge in [-0.25, -0.2) is 13.4 Å². The second-order valence-electron chi connectivity index (χ2n) is 4.41. The van der Waals surface area contributed by atoms with Gasteiger partial charge in [-0.2, -0.15) is 4.31 Å². The highest BCUT2D eigenvalue weighted by Gasteiger charge is 2.28. The maximum atomic E-state index is 12.4. The molecule has 0 saturated carbocycles. The fourth-order valence-electron chi connectivity index (χ4n) is 2.03. The van der Waals surface area contributed by atoms with Crippen LogP contribution in [0.2, 0.25) is 10.2 Å². The molecule has 6 nitrogen and oxygen atoms in total. The summed E-state index contributed by atoms with van der Waals surface area (Å²) in [6.07, 6.45) is 1.21. The van der Waals surface area contributed by atoms with Gasteiger partial charge in [0.1, 0.15) is 10.0 Å². The minimum atomic E-state index is -3.60. The van der Waals surface area contributed by atoms with Crippen molar-refractivity contribution in [3.05, 3.63) is 22.4 Å². The van der Waals surface area contributed by atoms with Crippen molar-refractivity contribution in [2.45, 2.75) is 4.90 Å². The van der Waals surface area contributed by atoms with Crippen molar-refractivity contribution in [3.8, 4) is 0 Å². The summed E-state index contributed by atoms with van der Waals surface area (Å²) in [5, 5.41) is 9.07. The molecule has 0 aromatic carbocycles. The van der Waals surface area contributed by atoms with Crippen LogP contribution < -0.4 is 0 Å². The highest BCUT2D eigenvalue weighted by molar-refractivity contribution is 7.89. The highest BCUT2D eigenvalue weighted by atomic mass is 35.5. The molecule has 0 spiro atoms. The van der Waals surface area contributed by atoms with Gasteiger partial charge in [-0.15, -0.1) is 0 Å². The quantitative estimate of drug-likeness (QED) is 0.817. The Hall–Kier alpha value is -0.440. The van der Waals surface area contributed by atoms with E-state index in [0.717, 1.165) is 0 Å². The number of hydrogen-bond donors (Lipinski definition) is 1. The monoisotopic (exact) mass is 339 g/mol. The van der Waals surface area contributed by atoms with Gasteiger partial charge < -0.3 is 5.11 Å². The molecular weight excluding hydrogens is 325 g/mol. The van der Waals surface area contributed by atoms with E-state index < -0.39 is 10.0 Å². The van der Waals surface area contributed by atoms with Crippen LogP contribution in [0, 0.1) is 0 Å². The van der Waals surface area contributed by atoms with Crippen molar-refractivity contribution >= 4 is 33.2 Å². The Balaban J connectivity index is 2.13. The van der Waals surface area contributed by atoms with E-state index in [-0.39, 0.29) is 21.7 Å². The van der Waals surface area contributed by atoms with E-state index in [1.165, 1.54) is 16.6 Å². The first-order valence-electron chi connectivity index (χ1n) is 6.09. The zero-order valence-corrected chi connectivity index (χ0v) is 13.0. The summed E-state index contributed by atoms with van der Waals surface area (Å²) in [7, 11) is -3.60. The van der Waals surface area contributed by atoms with Crippen LogP contribution in [-0.4, -0.2) is 67.0 Å². The maximum absolute atomic E-state index is 12.4. The summed E-state index contributed by atoms with van der Waals surface area (Å²) >= 11 is 11.5. The molecule has 112 valence electrons. The molecule has 1 saturated heterocycles. The molecule has 2 rings (SSSR count). The van der Waals surface area contributed by atoms with Crippen LogP contribution in [-0.2, 0) is 10.0 Å². The molecule has 0 aliphatic carbocycles. The van der Waals surface area contributed by atoms with E-state index in [0.29, 0.717) is 32.7 Å². The van der Waals surface area contributed by atoms with Gasteiger partial charge in [0.05, 0.1) is 11.6 Å². The molecule has 1 aliphatic rings. The molecule has 0 radical (unpaired) electrons. The number of aromatic nitrogens is 1. The average molecular weight is 340 g/mol. The van der Waals surface area contributed by atoms with Crippen molar-refractivity contribution in [1.82, 2.24) is 14.2 Å². The summed E-state index contributed by atoms with van der Waals surface area (Å²) < 4.78 is 26.3. The van der Waals surface area contributed by atoms with Crippen molar-refractivity contribution in [2.75, 3.05) is 39.3 Å². The lowest BCUT2D eigenvalue weighted by Gasteiger charge is -2.33. The lowest BCUT2D eigenvalue weighted by Crippen LogP contribution is -2.49. The van der Waals surface area contributed by atoms with E-state index in [1.807, 2.05) is 4.90 Å². The summed E-state index contributed by atoms with van der Waals surface area (Å²) in [4.78, 5) is 5.83. The van der Waals surface area contributed by atoms with Crippen molar-refractivity contribution in [2.24, 2.45) is 0 Å². The lowest BCUT2D eigenvalue weighted by molar-refractivity contribution is 0.151. The number of rotatable bonds is 4. The molecule has 0 amide bonds. The molecule has 1 fully saturated rings. The largest absolute Gasteiger partial charge is 0.395 e. The van der Waals surface area contributed by atoms with Gasteiger partial charge >= 0.3 is 0 Å². The number of aliphatic hydroxyl groups excluding tert-OH is 1. The Morgan fingerprint density at radius 1 is 1.25 bits per heavy atom. The fraction of sp³-hybridized carbons (Fsp3) is 0.545. The van der Waals surface area contributed by atoms with Crippen LogP contribution in [0.5, 0.6) is 0 Å². The van der Waals surface area contributed by atoms with Gasteiger partial charge in [0.25, 0.3) is 0 Å². The van der Waals surface area contributed by atoms with Gasteiger partial charge in [0, 0.05) is 38.9 Å². The third-order valence-electron chi connectivity index (χ3n) is 3.16. The Bertz CT molecular complexity index is 574. The Morgan fingerprint density at radius 3 is 2.45 bits per heavy atom. The van der Waals surface area contributed by atoms with Gasteiger partial charge in [-0.3, -0.25) is 4.90 Å². The lowest BCUT2D eigenvalue weighted by atomic mass is 10.4. The highest BCUT2D eigenvalue weighted by Crippen LogP contribution is 2.24. The number of pyridine rings is 1. The summed E-state index contributed by atoms with van der Waals surface area (Å²) in [6.45, 7) is 2.57. The molecule has 0 bridgehead atoms. The van der Waals surface area contributed by atoms with E-state index in [1.54, 1.807) is 0 Å². The molecule has 0 unspecified atom stereocenters. The molecule has 20 heavy (non-hydrogen) atoms. The summed E-state index contributed by atoms with van der Waals surface area (Å²) in [5.41, 5.74) is 0. The minimum Gasteiger partial charge on any atom is -0.395 e. The molecule has 0 atom stereocenters.